The van der Waals surface area contributed by atoms with E-state index in [2.05, 4.69) is 0 Å². The summed E-state index contributed by atoms with van der Waals surface area (Å²) < 4.78 is 13.6. The quantitative estimate of drug-likeness (QED) is 0.754. The smallest absolute Gasteiger partial charge is 0.303 e. The second-order valence-electron chi connectivity index (χ2n) is 5.06. The van der Waals surface area contributed by atoms with Crippen molar-refractivity contribution in [2.24, 2.45) is 0 Å². The molecule has 0 spiro atoms. The van der Waals surface area contributed by atoms with E-state index >= 15 is 0 Å². The number of carbonyl (C=O) groups is 2. The van der Waals surface area contributed by atoms with Crippen LogP contribution in [-0.4, -0.2) is 27.8 Å². The Bertz CT molecular complexity index is 684. The molecule has 0 amide bonds. The largest absolute Gasteiger partial charge is 0.481 e. The molecule has 0 aliphatic rings. The first-order valence-corrected chi connectivity index (χ1v) is 8.87. The standard InChI is InChI=1S/C17H17O5P/c18-15(11-12-16(19)20)17(21)23(22,13-7-3-1-4-8-13)14-9-5-2-6-10-14/h1-10,17,21H,11-12H2,(H,19,20). The SMILES string of the molecule is O=C(O)CCC(=O)C(O)P(=O)(c1ccccc1)c1ccccc1. The summed E-state index contributed by atoms with van der Waals surface area (Å²) in [5.41, 5.74) is 0. The van der Waals surface area contributed by atoms with E-state index in [1.807, 2.05) is 0 Å². The van der Waals surface area contributed by atoms with Crippen LogP contribution in [0.25, 0.3) is 0 Å². The number of carboxylic acids is 1. The predicted molar refractivity (Wildman–Crippen MR) is 87.6 cm³/mol. The molecule has 6 heteroatoms. The van der Waals surface area contributed by atoms with Gasteiger partial charge in [-0.25, -0.2) is 0 Å². The Hall–Kier alpha value is -2.23. The van der Waals surface area contributed by atoms with E-state index < -0.39 is 31.2 Å². The first-order valence-electron chi connectivity index (χ1n) is 7.10. The Labute approximate surface area is 134 Å². The molecule has 0 aliphatic heterocycles. The number of carbonyl (C=O) groups excluding carboxylic acids is 1. The highest BCUT2D eigenvalue weighted by molar-refractivity contribution is 7.79. The molecule has 0 aromatic heterocycles. The first kappa shape index (κ1) is 17.1. The van der Waals surface area contributed by atoms with Crippen molar-refractivity contribution in [1.29, 1.82) is 0 Å². The van der Waals surface area contributed by atoms with Crippen LogP contribution in [0, 0.1) is 0 Å². The lowest BCUT2D eigenvalue weighted by Crippen LogP contribution is -2.31. The fourth-order valence-corrected chi connectivity index (χ4v) is 4.92. The van der Waals surface area contributed by atoms with Crippen LogP contribution in [0.1, 0.15) is 12.8 Å². The molecule has 120 valence electrons. The van der Waals surface area contributed by atoms with E-state index in [9.17, 15) is 19.3 Å². The number of hydrogen-bond donors (Lipinski definition) is 2. The highest BCUT2D eigenvalue weighted by Crippen LogP contribution is 2.48. The lowest BCUT2D eigenvalue weighted by molar-refractivity contribution is -0.139. The molecule has 0 fully saturated rings. The summed E-state index contributed by atoms with van der Waals surface area (Å²) in [7, 11) is -3.62. The van der Waals surface area contributed by atoms with Crippen LogP contribution < -0.4 is 10.6 Å². The lowest BCUT2D eigenvalue weighted by Gasteiger charge is -2.23. The Morgan fingerprint density at radius 2 is 1.30 bits per heavy atom. The van der Waals surface area contributed by atoms with Gasteiger partial charge in [-0.2, -0.15) is 0 Å². The van der Waals surface area contributed by atoms with Gasteiger partial charge in [0.1, 0.15) is 0 Å². The van der Waals surface area contributed by atoms with Crippen LogP contribution in [0.2, 0.25) is 0 Å². The molecular formula is C17H17O5P. The zero-order valence-electron chi connectivity index (χ0n) is 12.3. The van der Waals surface area contributed by atoms with Crippen LogP contribution in [-0.2, 0) is 14.2 Å². The molecule has 23 heavy (non-hydrogen) atoms. The second kappa shape index (κ2) is 7.36. The van der Waals surface area contributed by atoms with Crippen LogP contribution >= 0.6 is 7.14 Å². The van der Waals surface area contributed by atoms with E-state index in [0.717, 1.165) is 0 Å². The maximum atomic E-state index is 13.6. The summed E-state index contributed by atoms with van der Waals surface area (Å²) >= 11 is 0. The number of aliphatic hydroxyl groups is 1. The molecule has 0 saturated carbocycles. The molecule has 0 heterocycles. The Morgan fingerprint density at radius 1 is 0.870 bits per heavy atom. The van der Waals surface area contributed by atoms with Gasteiger partial charge in [-0.3, -0.25) is 9.59 Å². The number of aliphatic hydroxyl groups excluding tert-OH is 1. The van der Waals surface area contributed by atoms with Gasteiger partial charge in [0.05, 0.1) is 6.42 Å². The van der Waals surface area contributed by atoms with E-state index in [4.69, 9.17) is 5.11 Å². The minimum Gasteiger partial charge on any atom is -0.481 e. The summed E-state index contributed by atoms with van der Waals surface area (Å²) in [5.74, 6) is -3.63. The minimum absolute atomic E-state index is 0.361. The van der Waals surface area contributed by atoms with Gasteiger partial charge in [-0.1, -0.05) is 60.7 Å². The fraction of sp³-hybridized carbons (Fsp3) is 0.176. The summed E-state index contributed by atoms with van der Waals surface area (Å²) in [6, 6.07) is 16.6. The number of carboxylic acid groups (broad SMARTS) is 1. The van der Waals surface area contributed by atoms with Crippen molar-refractivity contribution >= 4 is 29.5 Å². The maximum absolute atomic E-state index is 13.6. The zero-order chi connectivity index (χ0) is 16.9. The van der Waals surface area contributed by atoms with Crippen molar-refractivity contribution in [2.45, 2.75) is 18.7 Å². The van der Waals surface area contributed by atoms with Gasteiger partial charge < -0.3 is 14.8 Å². The van der Waals surface area contributed by atoms with Crippen molar-refractivity contribution in [2.75, 3.05) is 0 Å². The third-order valence-electron chi connectivity index (χ3n) is 3.50. The monoisotopic (exact) mass is 332 g/mol. The molecule has 2 aromatic rings. The summed E-state index contributed by atoms with van der Waals surface area (Å²) in [6.07, 6.45) is -0.764. The van der Waals surface area contributed by atoms with Gasteiger partial charge in [-0.15, -0.1) is 0 Å². The molecule has 0 saturated heterocycles. The van der Waals surface area contributed by atoms with Crippen molar-refractivity contribution < 1.29 is 24.4 Å². The van der Waals surface area contributed by atoms with Gasteiger partial charge in [0.25, 0.3) is 0 Å². The van der Waals surface area contributed by atoms with E-state index in [0.29, 0.717) is 10.6 Å². The highest BCUT2D eigenvalue weighted by atomic mass is 31.2. The van der Waals surface area contributed by atoms with Crippen LogP contribution in [0.3, 0.4) is 0 Å². The van der Waals surface area contributed by atoms with Crippen LogP contribution in [0.4, 0.5) is 0 Å². The first-order chi connectivity index (χ1) is 11.0. The molecule has 0 radical (unpaired) electrons. The normalized spacial score (nSPS) is 12.6. The van der Waals surface area contributed by atoms with Gasteiger partial charge in [0.15, 0.2) is 18.8 Å². The van der Waals surface area contributed by atoms with Crippen molar-refractivity contribution in [3.63, 3.8) is 0 Å². The molecule has 1 atom stereocenters. The summed E-state index contributed by atoms with van der Waals surface area (Å²) in [6.45, 7) is 0. The molecule has 5 nitrogen and oxygen atoms in total. The average molecular weight is 332 g/mol. The van der Waals surface area contributed by atoms with Crippen LogP contribution in [0.15, 0.2) is 60.7 Å². The predicted octanol–water partition coefficient (Wildman–Crippen LogP) is 1.75. The molecule has 0 bridgehead atoms. The van der Waals surface area contributed by atoms with E-state index in [-0.39, 0.29) is 6.42 Å². The van der Waals surface area contributed by atoms with Crippen molar-refractivity contribution in [3.05, 3.63) is 60.7 Å². The van der Waals surface area contributed by atoms with Gasteiger partial charge in [0, 0.05) is 17.0 Å². The van der Waals surface area contributed by atoms with E-state index in [1.54, 1.807) is 60.7 Å². The zero-order valence-corrected chi connectivity index (χ0v) is 13.2. The molecule has 0 aliphatic carbocycles. The van der Waals surface area contributed by atoms with E-state index in [1.165, 1.54) is 0 Å². The lowest BCUT2D eigenvalue weighted by atomic mass is 10.2. The number of hydrogen-bond acceptors (Lipinski definition) is 4. The van der Waals surface area contributed by atoms with Gasteiger partial charge in [0.2, 0.25) is 0 Å². The number of aliphatic carboxylic acids is 1. The van der Waals surface area contributed by atoms with Crippen molar-refractivity contribution in [1.82, 2.24) is 0 Å². The van der Waals surface area contributed by atoms with Gasteiger partial charge >= 0.3 is 5.97 Å². The Balaban J connectivity index is 2.45. The van der Waals surface area contributed by atoms with Gasteiger partial charge in [-0.05, 0) is 0 Å². The third-order valence-corrected chi connectivity index (χ3v) is 6.60. The highest BCUT2D eigenvalue weighted by Gasteiger charge is 2.39. The average Bonchev–Trinajstić information content (AvgIpc) is 2.59. The number of Topliss-reactive ketones (excluding diaryl/α,β-unsaturated/α-hetero) is 1. The second-order valence-corrected chi connectivity index (χ2v) is 7.90. The molecule has 2 aromatic carbocycles. The Kier molecular flexibility index (Phi) is 5.48. The Morgan fingerprint density at radius 3 is 1.70 bits per heavy atom. The van der Waals surface area contributed by atoms with Crippen LogP contribution in [0.5, 0.6) is 0 Å². The summed E-state index contributed by atoms with van der Waals surface area (Å²) in [5, 5.41) is 19.9. The minimum atomic E-state index is -3.62. The summed E-state index contributed by atoms with van der Waals surface area (Å²) in [4.78, 5) is 22.8. The number of ketones is 1. The topological polar surface area (TPSA) is 91.7 Å². The third kappa shape index (κ3) is 3.76. The van der Waals surface area contributed by atoms with Crippen molar-refractivity contribution in [3.8, 4) is 0 Å². The number of benzene rings is 2. The fourth-order valence-electron chi connectivity index (χ4n) is 2.29. The molecule has 2 N–H and O–H groups in total. The maximum Gasteiger partial charge on any atom is 0.303 e. The number of rotatable bonds is 7. The molecular weight excluding hydrogens is 315 g/mol. The molecule has 2 rings (SSSR count). The molecule has 1 unspecified atom stereocenters.